The number of guanidine groups is 1. The summed E-state index contributed by atoms with van der Waals surface area (Å²) >= 11 is 1.62. The first-order chi connectivity index (χ1) is 14.1. The lowest BCUT2D eigenvalue weighted by molar-refractivity contribution is 0.0186. The zero-order valence-electron chi connectivity index (χ0n) is 19.6. The molecule has 0 unspecified atom stereocenters. The number of nitrogens with two attached hydrogens (primary N) is 1. The van der Waals surface area contributed by atoms with Gasteiger partial charge in [0.15, 0.2) is 11.1 Å². The molecule has 178 valence electrons. The topological polar surface area (TPSA) is 102 Å². The Morgan fingerprint density at radius 3 is 2.35 bits per heavy atom. The Bertz CT molecular complexity index is 726. The van der Waals surface area contributed by atoms with Gasteiger partial charge in [0.1, 0.15) is 11.4 Å². The number of nitrogens with zero attached hydrogens (tertiary/aromatic N) is 6. The van der Waals surface area contributed by atoms with E-state index in [9.17, 15) is 4.79 Å². The Morgan fingerprint density at radius 1 is 1.19 bits per heavy atom. The van der Waals surface area contributed by atoms with E-state index in [0.717, 1.165) is 30.4 Å². The fourth-order valence-electron chi connectivity index (χ4n) is 3.18. The molecule has 0 radical (unpaired) electrons. The molecule has 9 nitrogen and oxygen atoms in total. The van der Waals surface area contributed by atoms with E-state index in [1.54, 1.807) is 16.7 Å². The number of ether oxygens (including phenoxy) is 1. The predicted molar refractivity (Wildman–Crippen MR) is 136 cm³/mol. The Morgan fingerprint density at radius 2 is 1.81 bits per heavy atom. The summed E-state index contributed by atoms with van der Waals surface area (Å²) in [6.07, 6.45) is 3.44. The highest BCUT2D eigenvalue weighted by Gasteiger charge is 2.26. The maximum atomic E-state index is 12.2. The van der Waals surface area contributed by atoms with Crippen molar-refractivity contribution in [2.24, 2.45) is 16.6 Å². The van der Waals surface area contributed by atoms with E-state index in [-0.39, 0.29) is 30.1 Å². The lowest BCUT2D eigenvalue weighted by Gasteiger charge is -2.36. The third kappa shape index (κ3) is 9.03. The van der Waals surface area contributed by atoms with Gasteiger partial charge in [0, 0.05) is 45.7 Å². The number of carbonyl (C=O) groups excluding carboxylic acids is 1. The number of hydrogen-bond donors (Lipinski definition) is 1. The summed E-state index contributed by atoms with van der Waals surface area (Å²) in [4.78, 5) is 20.4. The predicted octanol–water partition coefficient (Wildman–Crippen LogP) is 3.07. The molecule has 1 fully saturated rings. The number of rotatable bonds is 7. The zero-order chi connectivity index (χ0) is 22.3. The fourth-order valence-corrected chi connectivity index (χ4v) is 3.70. The van der Waals surface area contributed by atoms with Crippen LogP contribution < -0.4 is 5.73 Å². The van der Waals surface area contributed by atoms with Crippen LogP contribution in [-0.2, 0) is 17.7 Å². The molecule has 31 heavy (non-hydrogen) atoms. The SMILES string of the molecule is CSc1nnc(CCCN=C(N)N2CCN(C(=O)OC(C)(C)C)CC2)n1CC(C)C.I. The van der Waals surface area contributed by atoms with Gasteiger partial charge in [-0.3, -0.25) is 4.99 Å². The number of halogens is 1. The summed E-state index contributed by atoms with van der Waals surface area (Å²) in [6.45, 7) is 14.1. The Kier molecular flexibility index (Phi) is 11.4. The van der Waals surface area contributed by atoms with Crippen molar-refractivity contribution >= 4 is 47.8 Å². The molecule has 2 heterocycles. The van der Waals surface area contributed by atoms with Gasteiger partial charge in [-0.05, 0) is 39.4 Å². The molecule has 0 spiro atoms. The standard InChI is InChI=1S/C20H37N7O2S.HI/c1-15(2)14-27-16(23-24-18(27)30-6)8-7-9-22-17(21)25-10-12-26(13-11-25)19(28)29-20(3,4)5;/h15H,7-14H2,1-6H3,(H2,21,22);1H. The lowest BCUT2D eigenvalue weighted by Crippen LogP contribution is -2.53. The lowest BCUT2D eigenvalue weighted by atomic mass is 10.2. The molecule has 0 atom stereocenters. The minimum Gasteiger partial charge on any atom is -0.444 e. The molecule has 1 aliphatic rings. The van der Waals surface area contributed by atoms with Crippen LogP contribution in [0.2, 0.25) is 0 Å². The van der Waals surface area contributed by atoms with E-state index in [4.69, 9.17) is 10.5 Å². The van der Waals surface area contributed by atoms with Crippen LogP contribution in [0.3, 0.4) is 0 Å². The van der Waals surface area contributed by atoms with Gasteiger partial charge in [0.05, 0.1) is 0 Å². The van der Waals surface area contributed by atoms with Crippen LogP contribution in [0, 0.1) is 5.92 Å². The van der Waals surface area contributed by atoms with Crippen molar-refractivity contribution in [3.63, 3.8) is 0 Å². The van der Waals surface area contributed by atoms with Crippen molar-refractivity contribution in [1.29, 1.82) is 0 Å². The number of carbonyl (C=O) groups is 1. The van der Waals surface area contributed by atoms with E-state index in [1.165, 1.54) is 0 Å². The minimum absolute atomic E-state index is 0. The quantitative estimate of drug-likeness (QED) is 0.178. The molecule has 0 aliphatic carbocycles. The molecule has 2 N–H and O–H groups in total. The van der Waals surface area contributed by atoms with Crippen molar-refractivity contribution in [2.75, 3.05) is 39.0 Å². The maximum absolute atomic E-state index is 12.2. The summed E-state index contributed by atoms with van der Waals surface area (Å²) in [5, 5.41) is 9.59. The van der Waals surface area contributed by atoms with Crippen molar-refractivity contribution in [3.8, 4) is 0 Å². The average Bonchev–Trinajstić information content (AvgIpc) is 3.04. The molecule has 0 aromatic carbocycles. The van der Waals surface area contributed by atoms with E-state index in [1.807, 2.05) is 31.9 Å². The molecule has 0 bridgehead atoms. The van der Waals surface area contributed by atoms with Gasteiger partial charge < -0.3 is 24.8 Å². The van der Waals surface area contributed by atoms with Crippen molar-refractivity contribution < 1.29 is 9.53 Å². The number of aryl methyl sites for hydroxylation is 1. The third-order valence-electron chi connectivity index (χ3n) is 4.61. The van der Waals surface area contributed by atoms with Gasteiger partial charge >= 0.3 is 6.09 Å². The Labute approximate surface area is 207 Å². The number of amides is 1. The highest BCUT2D eigenvalue weighted by molar-refractivity contribution is 14.0. The average molecular weight is 568 g/mol. The van der Waals surface area contributed by atoms with Crippen molar-refractivity contribution in [3.05, 3.63) is 5.82 Å². The van der Waals surface area contributed by atoms with Crippen LogP contribution in [0.5, 0.6) is 0 Å². The summed E-state index contributed by atoms with van der Waals surface area (Å²) in [5.74, 6) is 2.08. The number of aromatic nitrogens is 3. The van der Waals surface area contributed by atoms with E-state index < -0.39 is 5.60 Å². The van der Waals surface area contributed by atoms with Crippen LogP contribution in [-0.4, -0.2) is 81.2 Å². The van der Waals surface area contributed by atoms with Gasteiger partial charge in [-0.15, -0.1) is 34.2 Å². The van der Waals surface area contributed by atoms with Crippen LogP contribution >= 0.6 is 35.7 Å². The number of hydrogen-bond acceptors (Lipinski definition) is 6. The monoisotopic (exact) mass is 567 g/mol. The number of piperazine rings is 1. The summed E-state index contributed by atoms with van der Waals surface area (Å²) in [6, 6.07) is 0. The summed E-state index contributed by atoms with van der Waals surface area (Å²) in [7, 11) is 0. The molecule has 1 aromatic heterocycles. The molecular formula is C20H38IN7O2S. The minimum atomic E-state index is -0.481. The smallest absolute Gasteiger partial charge is 0.410 e. The second kappa shape index (κ2) is 12.7. The van der Waals surface area contributed by atoms with E-state index >= 15 is 0 Å². The Balaban J connectivity index is 0.00000480. The second-order valence-electron chi connectivity index (χ2n) is 8.91. The third-order valence-corrected chi connectivity index (χ3v) is 5.28. The highest BCUT2D eigenvalue weighted by atomic mass is 127. The van der Waals surface area contributed by atoms with Crippen LogP contribution in [0.4, 0.5) is 4.79 Å². The number of aliphatic imine (C=N–C) groups is 1. The summed E-state index contributed by atoms with van der Waals surface area (Å²) in [5.41, 5.74) is 5.70. The molecule has 1 saturated heterocycles. The normalized spacial score (nSPS) is 15.3. The van der Waals surface area contributed by atoms with Crippen LogP contribution in [0.15, 0.2) is 10.1 Å². The fraction of sp³-hybridized carbons (Fsp3) is 0.800. The number of thioether (sulfide) groups is 1. The van der Waals surface area contributed by atoms with Gasteiger partial charge in [0.25, 0.3) is 0 Å². The first-order valence-electron chi connectivity index (χ1n) is 10.6. The van der Waals surface area contributed by atoms with Crippen LogP contribution in [0.1, 0.15) is 46.9 Å². The molecule has 2 rings (SSSR count). The second-order valence-corrected chi connectivity index (χ2v) is 9.68. The van der Waals surface area contributed by atoms with Gasteiger partial charge in [-0.1, -0.05) is 25.6 Å². The largest absolute Gasteiger partial charge is 0.444 e. The van der Waals surface area contributed by atoms with Gasteiger partial charge in [-0.25, -0.2) is 4.79 Å². The first kappa shape index (κ1) is 27.8. The van der Waals surface area contributed by atoms with Crippen LogP contribution in [0.25, 0.3) is 0 Å². The van der Waals surface area contributed by atoms with E-state index in [2.05, 4.69) is 33.6 Å². The van der Waals surface area contributed by atoms with Gasteiger partial charge in [-0.2, -0.15) is 0 Å². The molecular weight excluding hydrogens is 529 g/mol. The van der Waals surface area contributed by atoms with Crippen molar-refractivity contribution in [1.82, 2.24) is 24.6 Å². The maximum Gasteiger partial charge on any atom is 0.410 e. The Hall–Kier alpha value is -1.24. The molecule has 1 amide bonds. The summed E-state index contributed by atoms with van der Waals surface area (Å²) < 4.78 is 7.64. The van der Waals surface area contributed by atoms with E-state index in [0.29, 0.717) is 44.6 Å². The highest BCUT2D eigenvalue weighted by Crippen LogP contribution is 2.17. The molecule has 11 heteroatoms. The van der Waals surface area contributed by atoms with Gasteiger partial charge in [0.2, 0.25) is 0 Å². The molecule has 1 aromatic rings. The van der Waals surface area contributed by atoms with Crippen molar-refractivity contribution in [2.45, 2.75) is 64.8 Å². The first-order valence-corrected chi connectivity index (χ1v) is 11.8. The molecule has 1 aliphatic heterocycles. The zero-order valence-corrected chi connectivity index (χ0v) is 22.8. The molecule has 0 saturated carbocycles.